The van der Waals surface area contributed by atoms with E-state index in [9.17, 15) is 10.1 Å². The highest BCUT2D eigenvalue weighted by molar-refractivity contribution is 7.21. The fraction of sp³-hybridized carbons (Fsp3) is 0.143. The first-order chi connectivity index (χ1) is 22.2. The van der Waals surface area contributed by atoms with Gasteiger partial charge in [0.05, 0.1) is 17.5 Å². The molecule has 0 spiro atoms. The fourth-order valence-corrected chi connectivity index (χ4v) is 7.13. The molecule has 0 saturated carbocycles. The molecule has 0 radical (unpaired) electrons. The van der Waals surface area contributed by atoms with Crippen LogP contribution in [0.15, 0.2) is 84.3 Å². The number of benzene rings is 4. The van der Waals surface area contributed by atoms with Crippen molar-refractivity contribution in [2.75, 3.05) is 6.61 Å². The van der Waals surface area contributed by atoms with Crippen LogP contribution >= 0.6 is 46.1 Å². The van der Waals surface area contributed by atoms with Crippen molar-refractivity contribution in [1.82, 2.24) is 0 Å². The number of rotatable bonds is 8. The van der Waals surface area contributed by atoms with Gasteiger partial charge in [0, 0.05) is 37.3 Å². The van der Waals surface area contributed by atoms with Crippen molar-refractivity contribution in [3.63, 3.8) is 0 Å². The molecule has 0 amide bonds. The van der Waals surface area contributed by atoms with E-state index in [0.717, 1.165) is 26.8 Å². The van der Waals surface area contributed by atoms with Gasteiger partial charge >= 0.3 is 5.97 Å². The van der Waals surface area contributed by atoms with Gasteiger partial charge in [-0.1, -0.05) is 65.1 Å². The van der Waals surface area contributed by atoms with Crippen LogP contribution in [-0.4, -0.2) is 12.6 Å². The standard InChI is InChI=1S/C35H25Cl3N2O5S/c1-3-42-29-13-19(6-11-27(29)43-17-20-5-7-21(36)14-26(20)37)31-23-10-8-22(15-28(23)45-34(40)25(31)16-39)44-35(41)33-32(38)24-9-4-18(2)12-30(24)46-33/h4-15,31H,3,17,40H2,1-2H3. The first-order valence-corrected chi connectivity index (χ1v) is 16.1. The van der Waals surface area contributed by atoms with Crippen LogP contribution in [-0.2, 0) is 6.61 Å². The molecule has 2 heterocycles. The van der Waals surface area contributed by atoms with Gasteiger partial charge in [0.25, 0.3) is 0 Å². The highest BCUT2D eigenvalue weighted by Gasteiger charge is 2.32. The quantitative estimate of drug-likeness (QED) is 0.128. The first-order valence-electron chi connectivity index (χ1n) is 14.1. The second-order valence-electron chi connectivity index (χ2n) is 10.4. The molecule has 1 atom stereocenters. The molecule has 6 rings (SSSR count). The van der Waals surface area contributed by atoms with Crippen LogP contribution in [0, 0.1) is 18.3 Å². The average molecular weight is 692 g/mol. The molecule has 5 aromatic rings. The number of allylic oxidation sites excluding steroid dienone is 1. The van der Waals surface area contributed by atoms with Crippen molar-refractivity contribution in [3.05, 3.63) is 126 Å². The molecular formula is C35H25Cl3N2O5S. The molecule has 2 N–H and O–H groups in total. The SMILES string of the molecule is CCOc1cc(C2C(C#N)=C(N)Oc3cc(OC(=O)c4sc5cc(C)ccc5c4Cl)ccc32)ccc1OCc1ccc(Cl)cc1Cl. The normalized spacial score (nSPS) is 14.0. The summed E-state index contributed by atoms with van der Waals surface area (Å²) in [4.78, 5) is 13.5. The lowest BCUT2D eigenvalue weighted by molar-refractivity contribution is 0.0739. The Hall–Kier alpha value is -4.39. The van der Waals surface area contributed by atoms with Crippen molar-refractivity contribution in [2.45, 2.75) is 26.4 Å². The smallest absolute Gasteiger partial charge is 0.355 e. The Morgan fingerprint density at radius 2 is 1.83 bits per heavy atom. The van der Waals surface area contributed by atoms with E-state index in [1.54, 1.807) is 42.5 Å². The fourth-order valence-electron chi connectivity index (χ4n) is 5.19. The number of carbonyl (C=O) groups is 1. The molecule has 1 aliphatic heterocycles. The zero-order valence-corrected chi connectivity index (χ0v) is 27.6. The number of esters is 1. The predicted octanol–water partition coefficient (Wildman–Crippen LogP) is 9.58. The Labute approximate surface area is 284 Å². The van der Waals surface area contributed by atoms with Gasteiger partial charge < -0.3 is 24.7 Å². The average Bonchev–Trinajstić information content (AvgIpc) is 3.35. The summed E-state index contributed by atoms with van der Waals surface area (Å²) < 4.78 is 24.5. The molecule has 232 valence electrons. The minimum Gasteiger partial charge on any atom is -0.490 e. The number of fused-ring (bicyclic) bond motifs is 2. The molecule has 1 aromatic heterocycles. The van der Waals surface area contributed by atoms with Gasteiger partial charge in [0.15, 0.2) is 11.5 Å². The number of halogens is 3. The molecule has 0 aliphatic carbocycles. The van der Waals surface area contributed by atoms with Crippen molar-refractivity contribution in [1.29, 1.82) is 5.26 Å². The van der Waals surface area contributed by atoms with Crippen LogP contribution in [0.2, 0.25) is 15.1 Å². The number of hydrogen-bond donors (Lipinski definition) is 1. The third kappa shape index (κ3) is 6.20. The number of aryl methyl sites for hydroxylation is 1. The molecule has 0 fully saturated rings. The molecule has 4 aromatic carbocycles. The number of carbonyl (C=O) groups excluding carboxylic acids is 1. The minimum absolute atomic E-state index is 0.0536. The van der Waals surface area contributed by atoms with E-state index in [0.29, 0.717) is 49.4 Å². The van der Waals surface area contributed by atoms with Crippen molar-refractivity contribution >= 4 is 62.2 Å². The highest BCUT2D eigenvalue weighted by atomic mass is 35.5. The largest absolute Gasteiger partial charge is 0.490 e. The lowest BCUT2D eigenvalue weighted by atomic mass is 9.83. The molecule has 1 unspecified atom stereocenters. The molecule has 0 saturated heterocycles. The zero-order valence-electron chi connectivity index (χ0n) is 24.5. The third-order valence-corrected chi connectivity index (χ3v) is 9.59. The lowest BCUT2D eigenvalue weighted by Crippen LogP contribution is -2.21. The summed E-state index contributed by atoms with van der Waals surface area (Å²) in [5.74, 6) is 0.334. The first kappa shape index (κ1) is 31.6. The van der Waals surface area contributed by atoms with Crippen LogP contribution < -0.4 is 24.7 Å². The van der Waals surface area contributed by atoms with Gasteiger partial charge in [-0.05, 0) is 61.4 Å². The number of nitriles is 1. The number of nitrogens with two attached hydrogens (primary N) is 1. The number of ether oxygens (including phenoxy) is 4. The number of nitrogens with zero attached hydrogens (tertiary/aromatic N) is 1. The van der Waals surface area contributed by atoms with Crippen LogP contribution in [0.25, 0.3) is 10.1 Å². The van der Waals surface area contributed by atoms with E-state index >= 15 is 0 Å². The second-order valence-corrected chi connectivity index (χ2v) is 12.7. The maximum atomic E-state index is 13.2. The monoisotopic (exact) mass is 690 g/mol. The summed E-state index contributed by atoms with van der Waals surface area (Å²) in [5, 5.41) is 12.2. The van der Waals surface area contributed by atoms with E-state index in [-0.39, 0.29) is 23.8 Å². The van der Waals surface area contributed by atoms with Gasteiger partial charge in [-0.3, -0.25) is 0 Å². The Morgan fingerprint density at radius 1 is 1.00 bits per heavy atom. The topological polar surface area (TPSA) is 104 Å². The van der Waals surface area contributed by atoms with Gasteiger partial charge in [0.1, 0.15) is 34.6 Å². The van der Waals surface area contributed by atoms with Crippen LogP contribution in [0.1, 0.15) is 44.8 Å². The highest BCUT2D eigenvalue weighted by Crippen LogP contribution is 2.46. The Kier molecular flexibility index (Phi) is 9.03. The summed E-state index contributed by atoms with van der Waals surface area (Å²) in [6.07, 6.45) is 0. The third-order valence-electron chi connectivity index (χ3n) is 7.37. The molecule has 1 aliphatic rings. The van der Waals surface area contributed by atoms with Gasteiger partial charge in [0.2, 0.25) is 5.88 Å². The van der Waals surface area contributed by atoms with E-state index in [1.165, 1.54) is 11.3 Å². The van der Waals surface area contributed by atoms with Crippen molar-refractivity contribution < 1.29 is 23.7 Å². The maximum absolute atomic E-state index is 13.2. The predicted molar refractivity (Wildman–Crippen MR) is 181 cm³/mol. The maximum Gasteiger partial charge on any atom is 0.355 e. The van der Waals surface area contributed by atoms with Gasteiger partial charge in [-0.2, -0.15) is 5.26 Å². The second kappa shape index (κ2) is 13.1. The Bertz CT molecular complexity index is 2090. The summed E-state index contributed by atoms with van der Waals surface area (Å²) >= 11 is 20.2. The van der Waals surface area contributed by atoms with Gasteiger partial charge in [-0.25, -0.2) is 4.79 Å². The summed E-state index contributed by atoms with van der Waals surface area (Å²) in [6, 6.07) is 23.6. The van der Waals surface area contributed by atoms with Gasteiger partial charge in [-0.15, -0.1) is 11.3 Å². The van der Waals surface area contributed by atoms with Crippen LogP contribution in [0.3, 0.4) is 0 Å². The number of thiophene rings is 1. The molecular weight excluding hydrogens is 667 g/mol. The molecule has 46 heavy (non-hydrogen) atoms. The minimum atomic E-state index is -0.589. The molecule has 0 bridgehead atoms. The summed E-state index contributed by atoms with van der Waals surface area (Å²) in [6.45, 7) is 4.42. The molecule has 11 heteroatoms. The molecule has 7 nitrogen and oxygen atoms in total. The van der Waals surface area contributed by atoms with Crippen molar-refractivity contribution in [2.24, 2.45) is 5.73 Å². The van der Waals surface area contributed by atoms with E-state index in [1.807, 2.05) is 44.2 Å². The Balaban J connectivity index is 1.29. The Morgan fingerprint density at radius 3 is 2.59 bits per heavy atom. The van der Waals surface area contributed by atoms with E-state index < -0.39 is 11.9 Å². The number of hydrogen-bond acceptors (Lipinski definition) is 8. The summed E-state index contributed by atoms with van der Waals surface area (Å²) in [5.41, 5.74) is 9.68. The summed E-state index contributed by atoms with van der Waals surface area (Å²) in [7, 11) is 0. The van der Waals surface area contributed by atoms with Crippen LogP contribution in [0.4, 0.5) is 0 Å². The van der Waals surface area contributed by atoms with Crippen LogP contribution in [0.5, 0.6) is 23.0 Å². The lowest BCUT2D eigenvalue weighted by Gasteiger charge is -2.27. The van der Waals surface area contributed by atoms with E-state index in [4.69, 9.17) is 59.5 Å². The van der Waals surface area contributed by atoms with E-state index in [2.05, 4.69) is 6.07 Å². The van der Waals surface area contributed by atoms with Crippen molar-refractivity contribution in [3.8, 4) is 29.1 Å². The zero-order chi connectivity index (χ0) is 32.5.